The van der Waals surface area contributed by atoms with E-state index >= 15 is 0 Å². The highest BCUT2D eigenvalue weighted by Crippen LogP contribution is 2.34. The molecule has 2 aromatic carbocycles. The van der Waals surface area contributed by atoms with Crippen molar-refractivity contribution in [3.8, 4) is 17.2 Å². The summed E-state index contributed by atoms with van der Waals surface area (Å²) in [6.45, 7) is 0.366. The number of thioether (sulfide) groups is 1. The van der Waals surface area contributed by atoms with E-state index in [0.29, 0.717) is 34.3 Å². The Hall–Kier alpha value is -3.89. The molecule has 1 aliphatic rings. The van der Waals surface area contributed by atoms with Crippen molar-refractivity contribution in [2.45, 2.75) is 6.61 Å². The molecule has 0 spiro atoms. The van der Waals surface area contributed by atoms with Gasteiger partial charge < -0.3 is 14.2 Å². The smallest absolute Gasteiger partial charge is 0.285 e. The lowest BCUT2D eigenvalue weighted by molar-refractivity contribution is -0.123. The second kappa shape index (κ2) is 11.0. The maximum atomic E-state index is 12.9. The van der Waals surface area contributed by atoms with Crippen molar-refractivity contribution in [2.75, 3.05) is 14.2 Å². The first-order valence-electron chi connectivity index (χ1n) is 10.4. The minimum Gasteiger partial charge on any atom is -0.497 e. The molecule has 0 aliphatic carbocycles. The van der Waals surface area contributed by atoms with Crippen LogP contribution in [-0.2, 0) is 11.4 Å². The standard InChI is InChI=1S/C25H21N3O5S2/c1-31-19-6-4-18(5-7-19)23(29)27-28-24(30)22(35-25(28)34)14-17-3-8-20(21(13-17)32-2)33-15-16-9-11-26-12-10-16/h3-14H,15H2,1-2H3,(H,27,29)/b22-14+. The number of methoxy groups -OCH3 is 2. The van der Waals surface area contributed by atoms with Gasteiger partial charge in [-0.05, 0) is 78.0 Å². The monoisotopic (exact) mass is 507 g/mol. The number of hydrazine groups is 1. The average Bonchev–Trinajstić information content (AvgIpc) is 3.15. The fourth-order valence-electron chi connectivity index (χ4n) is 3.16. The van der Waals surface area contributed by atoms with Gasteiger partial charge in [0.1, 0.15) is 12.4 Å². The van der Waals surface area contributed by atoms with E-state index in [1.807, 2.05) is 18.2 Å². The zero-order valence-corrected chi connectivity index (χ0v) is 20.5. The highest BCUT2D eigenvalue weighted by molar-refractivity contribution is 8.26. The third kappa shape index (κ3) is 5.79. The van der Waals surface area contributed by atoms with Crippen molar-refractivity contribution < 1.29 is 23.8 Å². The number of thiocarbonyl (C=S) groups is 1. The molecule has 1 fully saturated rings. The maximum absolute atomic E-state index is 12.9. The second-order valence-electron chi connectivity index (χ2n) is 7.24. The number of amides is 2. The number of hydrogen-bond acceptors (Lipinski definition) is 8. The highest BCUT2D eigenvalue weighted by Gasteiger charge is 2.33. The molecule has 178 valence electrons. The predicted molar refractivity (Wildman–Crippen MR) is 137 cm³/mol. The number of benzene rings is 2. The largest absolute Gasteiger partial charge is 0.497 e. The van der Waals surface area contributed by atoms with Gasteiger partial charge >= 0.3 is 0 Å². The van der Waals surface area contributed by atoms with E-state index < -0.39 is 11.8 Å². The van der Waals surface area contributed by atoms with Gasteiger partial charge in [-0.3, -0.25) is 20.0 Å². The van der Waals surface area contributed by atoms with Gasteiger partial charge in [0, 0.05) is 18.0 Å². The van der Waals surface area contributed by atoms with Gasteiger partial charge in [-0.15, -0.1) is 0 Å². The molecule has 8 nitrogen and oxygen atoms in total. The Balaban J connectivity index is 1.45. The van der Waals surface area contributed by atoms with Crippen LogP contribution in [0.1, 0.15) is 21.5 Å². The van der Waals surface area contributed by atoms with Crippen molar-refractivity contribution in [1.29, 1.82) is 0 Å². The summed E-state index contributed by atoms with van der Waals surface area (Å²) in [6.07, 6.45) is 5.09. The molecule has 1 saturated heterocycles. The second-order valence-corrected chi connectivity index (χ2v) is 8.92. The van der Waals surface area contributed by atoms with Gasteiger partial charge in [0.25, 0.3) is 11.8 Å². The fraction of sp³-hybridized carbons (Fsp3) is 0.120. The molecule has 1 aliphatic heterocycles. The van der Waals surface area contributed by atoms with E-state index in [2.05, 4.69) is 10.4 Å². The van der Waals surface area contributed by atoms with Gasteiger partial charge in [-0.2, -0.15) is 5.01 Å². The van der Waals surface area contributed by atoms with E-state index in [-0.39, 0.29) is 4.32 Å². The fourth-order valence-corrected chi connectivity index (χ4v) is 4.34. The summed E-state index contributed by atoms with van der Waals surface area (Å²) in [5.74, 6) is 0.845. The van der Waals surface area contributed by atoms with E-state index in [1.165, 1.54) is 0 Å². The van der Waals surface area contributed by atoms with Crippen LogP contribution in [0.5, 0.6) is 17.2 Å². The van der Waals surface area contributed by atoms with Crippen LogP contribution in [0, 0.1) is 0 Å². The highest BCUT2D eigenvalue weighted by atomic mass is 32.2. The number of carbonyl (C=O) groups is 2. The number of rotatable bonds is 8. The van der Waals surface area contributed by atoms with Crippen molar-refractivity contribution in [1.82, 2.24) is 15.4 Å². The molecule has 2 heterocycles. The molecule has 0 bridgehead atoms. The average molecular weight is 508 g/mol. The Bertz CT molecular complexity index is 1280. The number of hydrogen-bond donors (Lipinski definition) is 1. The van der Waals surface area contributed by atoms with Crippen LogP contribution in [0.2, 0.25) is 0 Å². The summed E-state index contributed by atoms with van der Waals surface area (Å²) in [5, 5.41) is 1.07. The molecule has 0 radical (unpaired) electrons. The molecule has 1 N–H and O–H groups in total. The van der Waals surface area contributed by atoms with Crippen LogP contribution in [0.4, 0.5) is 0 Å². The number of pyridine rings is 1. The van der Waals surface area contributed by atoms with E-state index in [4.69, 9.17) is 26.4 Å². The molecule has 2 amide bonds. The zero-order chi connectivity index (χ0) is 24.8. The van der Waals surface area contributed by atoms with Crippen molar-refractivity contribution in [2.24, 2.45) is 0 Å². The molecular weight excluding hydrogens is 486 g/mol. The summed E-state index contributed by atoms with van der Waals surface area (Å²) in [5.41, 5.74) is 4.64. The minimum absolute atomic E-state index is 0.229. The number of carbonyl (C=O) groups excluding carboxylic acids is 2. The summed E-state index contributed by atoms with van der Waals surface area (Å²) in [6, 6.07) is 15.6. The number of nitrogens with zero attached hydrogens (tertiary/aromatic N) is 2. The van der Waals surface area contributed by atoms with Crippen LogP contribution in [-0.4, -0.2) is 40.3 Å². The Kier molecular flexibility index (Phi) is 7.64. The first-order chi connectivity index (χ1) is 17.0. The molecule has 1 aromatic heterocycles. The van der Waals surface area contributed by atoms with Gasteiger partial charge in [0.15, 0.2) is 15.8 Å². The molecule has 10 heteroatoms. The van der Waals surface area contributed by atoms with E-state index in [0.717, 1.165) is 27.9 Å². The third-order valence-corrected chi connectivity index (χ3v) is 6.29. The summed E-state index contributed by atoms with van der Waals surface area (Å²) in [4.78, 5) is 29.9. The first kappa shape index (κ1) is 24.2. The van der Waals surface area contributed by atoms with Gasteiger partial charge in [0.2, 0.25) is 0 Å². The van der Waals surface area contributed by atoms with E-state index in [9.17, 15) is 9.59 Å². The van der Waals surface area contributed by atoms with Crippen molar-refractivity contribution in [3.63, 3.8) is 0 Å². The van der Waals surface area contributed by atoms with Crippen LogP contribution < -0.4 is 19.6 Å². The first-order valence-corrected chi connectivity index (χ1v) is 11.6. The third-order valence-electron chi connectivity index (χ3n) is 4.99. The van der Waals surface area contributed by atoms with Gasteiger partial charge in [-0.25, -0.2) is 0 Å². The Morgan fingerprint density at radius 1 is 1.06 bits per heavy atom. The van der Waals surface area contributed by atoms with E-state index in [1.54, 1.807) is 69.1 Å². The Labute approximate surface area is 211 Å². The van der Waals surface area contributed by atoms with Crippen LogP contribution in [0.15, 0.2) is 71.9 Å². The Morgan fingerprint density at radius 3 is 2.49 bits per heavy atom. The number of ether oxygens (including phenoxy) is 3. The number of nitrogens with one attached hydrogen (secondary N) is 1. The topological polar surface area (TPSA) is 90.0 Å². The molecular formula is C25H21N3O5S2. The van der Waals surface area contributed by atoms with Crippen molar-refractivity contribution in [3.05, 3.63) is 88.6 Å². The SMILES string of the molecule is COc1ccc(C(=O)NN2C(=O)/C(=C\c3ccc(OCc4ccncc4)c(OC)c3)SC2=S)cc1. The summed E-state index contributed by atoms with van der Waals surface area (Å²) < 4.78 is 16.7. The molecule has 3 aromatic rings. The summed E-state index contributed by atoms with van der Waals surface area (Å²) in [7, 11) is 3.09. The van der Waals surface area contributed by atoms with Crippen molar-refractivity contribution >= 4 is 46.2 Å². The lowest BCUT2D eigenvalue weighted by atomic mass is 10.2. The number of aromatic nitrogens is 1. The van der Waals surface area contributed by atoms with Gasteiger partial charge in [0.05, 0.1) is 19.1 Å². The van der Waals surface area contributed by atoms with Gasteiger partial charge in [-0.1, -0.05) is 17.8 Å². The quantitative estimate of drug-likeness (QED) is 0.358. The molecule has 35 heavy (non-hydrogen) atoms. The maximum Gasteiger partial charge on any atom is 0.285 e. The lowest BCUT2D eigenvalue weighted by Crippen LogP contribution is -2.44. The Morgan fingerprint density at radius 2 is 1.80 bits per heavy atom. The minimum atomic E-state index is -0.456. The molecule has 0 saturated carbocycles. The van der Waals surface area contributed by atoms with Crippen LogP contribution >= 0.6 is 24.0 Å². The molecule has 0 atom stereocenters. The zero-order valence-electron chi connectivity index (χ0n) is 18.9. The predicted octanol–water partition coefficient (Wildman–Crippen LogP) is 4.22. The van der Waals surface area contributed by atoms with Crippen LogP contribution in [0.3, 0.4) is 0 Å². The normalized spacial score (nSPS) is 14.2. The van der Waals surface area contributed by atoms with Crippen LogP contribution in [0.25, 0.3) is 6.08 Å². The molecule has 0 unspecified atom stereocenters. The lowest BCUT2D eigenvalue weighted by Gasteiger charge is -2.15. The molecule has 4 rings (SSSR count). The summed E-state index contributed by atoms with van der Waals surface area (Å²) >= 11 is 6.41.